The number of hydrogen-bond acceptors (Lipinski definition) is 4. The highest BCUT2D eigenvalue weighted by Gasteiger charge is 2.06. The van der Waals surface area contributed by atoms with Crippen LogP contribution in [-0.4, -0.2) is 23.5 Å². The Bertz CT molecular complexity index is 792. The van der Waals surface area contributed by atoms with E-state index >= 15 is 0 Å². The Labute approximate surface area is 176 Å². The molecule has 0 saturated carbocycles. The molecule has 0 bridgehead atoms. The van der Waals surface area contributed by atoms with Crippen molar-refractivity contribution < 1.29 is 9.59 Å². The number of urea groups is 2. The molecule has 0 aliphatic rings. The molecule has 0 atom stereocenters. The van der Waals surface area contributed by atoms with Gasteiger partial charge in [-0.2, -0.15) is 10.2 Å². The van der Waals surface area contributed by atoms with E-state index in [1.54, 1.807) is 0 Å². The summed E-state index contributed by atoms with van der Waals surface area (Å²) in [6.07, 6.45) is 5.29. The topological polar surface area (TPSA) is 135 Å². The van der Waals surface area contributed by atoms with Crippen LogP contribution in [0, 0.1) is 0 Å². The summed E-state index contributed by atoms with van der Waals surface area (Å²) in [4.78, 5) is 22.0. The fraction of sp³-hybridized carbons (Fsp3) is 0.273. The van der Waals surface area contributed by atoms with Crippen molar-refractivity contribution >= 4 is 23.5 Å². The number of primary amides is 2. The number of carbonyl (C=O) groups is 2. The maximum atomic E-state index is 11.0. The van der Waals surface area contributed by atoms with Crippen LogP contribution in [0.4, 0.5) is 9.59 Å². The summed E-state index contributed by atoms with van der Waals surface area (Å²) in [5.74, 6) is 0. The lowest BCUT2D eigenvalue weighted by molar-refractivity contribution is 0.248. The largest absolute Gasteiger partial charge is 0.350 e. The van der Waals surface area contributed by atoms with E-state index in [9.17, 15) is 9.59 Å². The minimum Gasteiger partial charge on any atom is -0.350 e. The molecule has 0 aromatic heterocycles. The molecule has 8 nitrogen and oxygen atoms in total. The first-order valence-corrected chi connectivity index (χ1v) is 9.91. The SMILES string of the molecule is NC(=O)N/N=C(\CCCCCC/C(=N\NC(N)=O)c1ccccc1)c1ccccc1. The van der Waals surface area contributed by atoms with Crippen molar-refractivity contribution in [3.05, 3.63) is 71.8 Å². The van der Waals surface area contributed by atoms with Crippen molar-refractivity contribution in [3.63, 3.8) is 0 Å². The number of nitrogens with two attached hydrogens (primary N) is 2. The van der Waals surface area contributed by atoms with Gasteiger partial charge in [0.15, 0.2) is 0 Å². The molecule has 0 aliphatic heterocycles. The average Bonchev–Trinajstić information content (AvgIpc) is 2.75. The van der Waals surface area contributed by atoms with Crippen LogP contribution >= 0.6 is 0 Å². The molecule has 2 aromatic carbocycles. The Morgan fingerprint density at radius 1 is 0.633 bits per heavy atom. The predicted molar refractivity (Wildman–Crippen MR) is 119 cm³/mol. The van der Waals surface area contributed by atoms with Crippen LogP contribution in [0.5, 0.6) is 0 Å². The summed E-state index contributed by atoms with van der Waals surface area (Å²) < 4.78 is 0. The van der Waals surface area contributed by atoms with Crippen LogP contribution in [0.3, 0.4) is 0 Å². The summed E-state index contributed by atoms with van der Waals surface area (Å²) >= 11 is 0. The van der Waals surface area contributed by atoms with Gasteiger partial charge in [0.1, 0.15) is 0 Å². The Kier molecular flexibility index (Phi) is 9.58. The van der Waals surface area contributed by atoms with Crippen LogP contribution in [-0.2, 0) is 0 Å². The highest BCUT2D eigenvalue weighted by molar-refractivity contribution is 6.01. The summed E-state index contributed by atoms with van der Waals surface area (Å²) in [6, 6.07) is 18.0. The van der Waals surface area contributed by atoms with Crippen molar-refractivity contribution in [2.45, 2.75) is 38.5 Å². The minimum atomic E-state index is -0.680. The first kappa shape index (κ1) is 22.6. The zero-order chi connectivity index (χ0) is 21.6. The maximum Gasteiger partial charge on any atom is 0.332 e. The van der Waals surface area contributed by atoms with Gasteiger partial charge in [0, 0.05) is 0 Å². The van der Waals surface area contributed by atoms with E-state index < -0.39 is 12.1 Å². The van der Waals surface area contributed by atoms with Gasteiger partial charge in [-0.3, -0.25) is 0 Å². The Hall–Kier alpha value is -3.68. The van der Waals surface area contributed by atoms with Crippen molar-refractivity contribution in [1.29, 1.82) is 0 Å². The fourth-order valence-corrected chi connectivity index (χ4v) is 2.97. The second-order valence-corrected chi connectivity index (χ2v) is 6.72. The number of carbonyl (C=O) groups excluding carboxylic acids is 2. The molecule has 0 radical (unpaired) electrons. The molecule has 6 N–H and O–H groups in total. The molecule has 2 aromatic rings. The van der Waals surface area contributed by atoms with E-state index in [1.807, 2.05) is 60.7 Å². The highest BCUT2D eigenvalue weighted by atomic mass is 16.2. The molecule has 2 rings (SSSR count). The number of hydrazone groups is 2. The quantitative estimate of drug-likeness (QED) is 0.257. The van der Waals surface area contributed by atoms with E-state index in [0.717, 1.165) is 61.1 Å². The van der Waals surface area contributed by atoms with Gasteiger partial charge in [0.05, 0.1) is 11.4 Å². The smallest absolute Gasteiger partial charge is 0.332 e. The molecule has 0 heterocycles. The number of nitrogens with zero attached hydrogens (tertiary/aromatic N) is 2. The van der Waals surface area contributed by atoms with Gasteiger partial charge in [0.25, 0.3) is 0 Å². The molecule has 0 fully saturated rings. The van der Waals surface area contributed by atoms with Crippen LogP contribution in [0.25, 0.3) is 0 Å². The van der Waals surface area contributed by atoms with Gasteiger partial charge in [-0.15, -0.1) is 0 Å². The second-order valence-electron chi connectivity index (χ2n) is 6.72. The van der Waals surface area contributed by atoms with Gasteiger partial charge >= 0.3 is 12.1 Å². The summed E-state index contributed by atoms with van der Waals surface area (Å²) in [7, 11) is 0. The molecule has 158 valence electrons. The van der Waals surface area contributed by atoms with E-state index in [4.69, 9.17) is 11.5 Å². The van der Waals surface area contributed by atoms with Gasteiger partial charge in [-0.05, 0) is 36.8 Å². The van der Waals surface area contributed by atoms with Crippen molar-refractivity contribution in [1.82, 2.24) is 10.9 Å². The summed E-state index contributed by atoms with van der Waals surface area (Å²) in [5.41, 5.74) is 18.4. The van der Waals surface area contributed by atoms with Gasteiger partial charge in [0.2, 0.25) is 0 Å². The number of rotatable bonds is 11. The van der Waals surface area contributed by atoms with Crippen LogP contribution in [0.2, 0.25) is 0 Å². The van der Waals surface area contributed by atoms with E-state index in [0.29, 0.717) is 0 Å². The third-order valence-corrected chi connectivity index (χ3v) is 4.39. The Morgan fingerprint density at radius 2 is 1.00 bits per heavy atom. The molecular weight excluding hydrogens is 380 g/mol. The number of unbranched alkanes of at least 4 members (excludes halogenated alkanes) is 3. The zero-order valence-corrected chi connectivity index (χ0v) is 16.9. The lowest BCUT2D eigenvalue weighted by atomic mass is 10.0. The lowest BCUT2D eigenvalue weighted by Gasteiger charge is -2.08. The molecule has 4 amide bonds. The normalized spacial score (nSPS) is 11.7. The number of amides is 4. The molecule has 0 spiro atoms. The second kappa shape index (κ2) is 12.7. The van der Waals surface area contributed by atoms with Crippen LogP contribution in [0.1, 0.15) is 49.7 Å². The van der Waals surface area contributed by atoms with E-state index in [1.165, 1.54) is 0 Å². The monoisotopic (exact) mass is 408 g/mol. The van der Waals surface area contributed by atoms with E-state index in [-0.39, 0.29) is 0 Å². The van der Waals surface area contributed by atoms with Crippen molar-refractivity contribution in [2.75, 3.05) is 0 Å². The first-order chi connectivity index (χ1) is 14.6. The molecule has 30 heavy (non-hydrogen) atoms. The first-order valence-electron chi connectivity index (χ1n) is 9.91. The molecular formula is C22H28N6O2. The highest BCUT2D eigenvalue weighted by Crippen LogP contribution is 2.13. The Balaban J connectivity index is 1.83. The molecule has 0 unspecified atom stereocenters. The van der Waals surface area contributed by atoms with Gasteiger partial charge < -0.3 is 11.5 Å². The predicted octanol–water partition coefficient (Wildman–Crippen LogP) is 3.47. The average molecular weight is 409 g/mol. The van der Waals surface area contributed by atoms with E-state index in [2.05, 4.69) is 21.1 Å². The Morgan fingerprint density at radius 3 is 1.33 bits per heavy atom. The molecule has 0 saturated heterocycles. The summed E-state index contributed by atoms with van der Waals surface area (Å²) in [6.45, 7) is 0. The summed E-state index contributed by atoms with van der Waals surface area (Å²) in [5, 5.41) is 8.28. The number of nitrogens with one attached hydrogen (secondary N) is 2. The van der Waals surface area contributed by atoms with Gasteiger partial charge in [-0.1, -0.05) is 73.5 Å². The maximum absolute atomic E-state index is 11.0. The minimum absolute atomic E-state index is 0.680. The lowest BCUT2D eigenvalue weighted by Crippen LogP contribution is -2.26. The van der Waals surface area contributed by atoms with Crippen molar-refractivity contribution in [3.8, 4) is 0 Å². The third kappa shape index (κ3) is 8.55. The molecule has 8 heteroatoms. The van der Waals surface area contributed by atoms with Crippen LogP contribution in [0.15, 0.2) is 70.9 Å². The van der Waals surface area contributed by atoms with Crippen molar-refractivity contribution in [2.24, 2.45) is 21.7 Å². The van der Waals surface area contributed by atoms with Crippen LogP contribution < -0.4 is 22.3 Å². The fourth-order valence-electron chi connectivity index (χ4n) is 2.97. The van der Waals surface area contributed by atoms with Gasteiger partial charge in [-0.25, -0.2) is 20.4 Å². The number of hydrogen-bond donors (Lipinski definition) is 4. The number of benzene rings is 2. The standard InChI is InChI=1S/C22H28N6O2/c23-21(29)27-25-19(17-11-5-3-6-12-17)15-9-1-2-10-16-20(26-28-22(24)30)18-13-7-4-8-14-18/h3-8,11-14H,1-2,9-10,15-16H2,(H3,23,27,29)(H3,24,28,30)/b25-19+,26-20+. The molecule has 0 aliphatic carbocycles. The zero-order valence-electron chi connectivity index (χ0n) is 16.9. The third-order valence-electron chi connectivity index (χ3n) is 4.39.